The molecule has 1 aromatic carbocycles. The van der Waals surface area contributed by atoms with Crippen molar-refractivity contribution in [3.63, 3.8) is 0 Å². The zero-order valence-electron chi connectivity index (χ0n) is 10.8. The van der Waals surface area contributed by atoms with Gasteiger partial charge in [0.1, 0.15) is 0 Å². The molecule has 0 aliphatic rings. The van der Waals surface area contributed by atoms with Gasteiger partial charge < -0.3 is 5.32 Å². The number of nitrogens with one attached hydrogen (secondary N) is 1. The fourth-order valence-electron chi connectivity index (χ4n) is 1.70. The maximum absolute atomic E-state index is 12.0. The first kappa shape index (κ1) is 15.3. The molecular formula is C14H19Cl2NO. The van der Waals surface area contributed by atoms with Crippen molar-refractivity contribution < 1.29 is 4.79 Å². The molecule has 4 heteroatoms. The fraction of sp³-hybridized carbons (Fsp3) is 0.500. The van der Waals surface area contributed by atoms with Gasteiger partial charge in [-0.25, -0.2) is 0 Å². The average Bonchev–Trinajstić information content (AvgIpc) is 2.39. The molecule has 0 fully saturated rings. The maximum atomic E-state index is 12.0. The molecule has 1 N–H and O–H groups in total. The van der Waals surface area contributed by atoms with Crippen LogP contribution < -0.4 is 5.32 Å². The van der Waals surface area contributed by atoms with Crippen LogP contribution >= 0.6 is 23.2 Å². The summed E-state index contributed by atoms with van der Waals surface area (Å²) < 4.78 is 0. The van der Waals surface area contributed by atoms with E-state index in [0.717, 1.165) is 17.5 Å². The number of carbonyl (C=O) groups excluding carboxylic acids is 1. The van der Waals surface area contributed by atoms with Gasteiger partial charge >= 0.3 is 0 Å². The predicted octanol–water partition coefficient (Wildman–Crippen LogP) is 3.28. The summed E-state index contributed by atoms with van der Waals surface area (Å²) in [4.78, 5) is 12.0. The third-order valence-electron chi connectivity index (χ3n) is 3.21. The predicted molar refractivity (Wildman–Crippen MR) is 77.5 cm³/mol. The van der Waals surface area contributed by atoms with Gasteiger partial charge in [-0.3, -0.25) is 4.79 Å². The van der Waals surface area contributed by atoms with Crippen LogP contribution in [0.5, 0.6) is 0 Å². The number of aryl methyl sites for hydroxylation is 1. The SMILES string of the molecule is CCC(CCl)(CCl)NC(=O)Cc1ccccc1C. The van der Waals surface area contributed by atoms with Gasteiger partial charge in [0.25, 0.3) is 0 Å². The minimum atomic E-state index is -0.497. The molecule has 100 valence electrons. The summed E-state index contributed by atoms with van der Waals surface area (Å²) >= 11 is 11.8. The lowest BCUT2D eigenvalue weighted by Gasteiger charge is -2.29. The molecule has 18 heavy (non-hydrogen) atoms. The van der Waals surface area contributed by atoms with E-state index in [1.165, 1.54) is 0 Å². The Bertz CT molecular complexity index is 394. The van der Waals surface area contributed by atoms with Crippen molar-refractivity contribution >= 4 is 29.1 Å². The molecule has 0 atom stereocenters. The monoisotopic (exact) mass is 287 g/mol. The van der Waals surface area contributed by atoms with E-state index in [2.05, 4.69) is 5.32 Å². The van der Waals surface area contributed by atoms with Gasteiger partial charge in [-0.2, -0.15) is 0 Å². The third-order valence-corrected chi connectivity index (χ3v) is 4.23. The van der Waals surface area contributed by atoms with Crippen LogP contribution in [0.4, 0.5) is 0 Å². The summed E-state index contributed by atoms with van der Waals surface area (Å²) in [5.41, 5.74) is 1.65. The summed E-state index contributed by atoms with van der Waals surface area (Å²) in [5.74, 6) is 0.617. The van der Waals surface area contributed by atoms with Crippen LogP contribution in [0.3, 0.4) is 0 Å². The summed E-state index contributed by atoms with van der Waals surface area (Å²) in [7, 11) is 0. The molecule has 1 rings (SSSR count). The molecule has 2 nitrogen and oxygen atoms in total. The molecule has 0 heterocycles. The minimum Gasteiger partial charge on any atom is -0.348 e. The molecule has 0 aromatic heterocycles. The number of carbonyl (C=O) groups is 1. The van der Waals surface area contributed by atoms with Crippen LogP contribution in [-0.4, -0.2) is 23.2 Å². The van der Waals surface area contributed by atoms with Gasteiger partial charge in [0, 0.05) is 11.8 Å². The van der Waals surface area contributed by atoms with Crippen molar-refractivity contribution in [2.45, 2.75) is 32.2 Å². The Labute approximate surface area is 119 Å². The molecule has 0 aliphatic heterocycles. The van der Waals surface area contributed by atoms with E-state index in [4.69, 9.17) is 23.2 Å². The summed E-state index contributed by atoms with van der Waals surface area (Å²) in [6.07, 6.45) is 1.09. The topological polar surface area (TPSA) is 29.1 Å². The second-order valence-electron chi connectivity index (χ2n) is 4.55. The fourth-order valence-corrected chi connectivity index (χ4v) is 2.50. The van der Waals surface area contributed by atoms with Crippen molar-refractivity contribution in [3.8, 4) is 0 Å². The smallest absolute Gasteiger partial charge is 0.224 e. The van der Waals surface area contributed by atoms with E-state index in [0.29, 0.717) is 18.2 Å². The van der Waals surface area contributed by atoms with Gasteiger partial charge in [0.2, 0.25) is 5.91 Å². The quantitative estimate of drug-likeness (QED) is 0.800. The van der Waals surface area contributed by atoms with Crippen LogP contribution in [-0.2, 0) is 11.2 Å². The van der Waals surface area contributed by atoms with Gasteiger partial charge in [0.15, 0.2) is 0 Å². The first-order valence-corrected chi connectivity index (χ1v) is 7.11. The van der Waals surface area contributed by atoms with E-state index in [-0.39, 0.29) is 5.91 Å². The molecule has 1 aromatic rings. The van der Waals surface area contributed by atoms with Gasteiger partial charge in [-0.05, 0) is 24.5 Å². The number of hydrogen-bond donors (Lipinski definition) is 1. The molecule has 1 amide bonds. The maximum Gasteiger partial charge on any atom is 0.224 e. The number of amides is 1. The van der Waals surface area contributed by atoms with Crippen molar-refractivity contribution in [2.24, 2.45) is 0 Å². The Morgan fingerprint density at radius 1 is 1.28 bits per heavy atom. The molecule has 0 radical (unpaired) electrons. The summed E-state index contributed by atoms with van der Waals surface area (Å²) in [6.45, 7) is 3.97. The molecule has 0 aliphatic carbocycles. The van der Waals surface area contributed by atoms with E-state index in [9.17, 15) is 4.79 Å². The first-order chi connectivity index (χ1) is 8.56. The highest BCUT2D eigenvalue weighted by molar-refractivity contribution is 6.22. The molecule has 0 saturated heterocycles. The Morgan fingerprint density at radius 3 is 2.39 bits per heavy atom. The van der Waals surface area contributed by atoms with Crippen molar-refractivity contribution in [1.29, 1.82) is 0 Å². The lowest BCUT2D eigenvalue weighted by Crippen LogP contribution is -2.51. The zero-order chi connectivity index (χ0) is 13.6. The van der Waals surface area contributed by atoms with E-state index in [1.54, 1.807) is 0 Å². The second kappa shape index (κ2) is 7.01. The Kier molecular flexibility index (Phi) is 5.97. The Hall–Kier alpha value is -0.730. The van der Waals surface area contributed by atoms with Gasteiger partial charge in [-0.15, -0.1) is 23.2 Å². The first-order valence-electron chi connectivity index (χ1n) is 6.04. The second-order valence-corrected chi connectivity index (χ2v) is 5.09. The highest BCUT2D eigenvalue weighted by atomic mass is 35.5. The Morgan fingerprint density at radius 2 is 1.89 bits per heavy atom. The van der Waals surface area contributed by atoms with Crippen molar-refractivity contribution in [1.82, 2.24) is 5.32 Å². The Balaban J connectivity index is 2.70. The normalized spacial score (nSPS) is 11.3. The average molecular weight is 288 g/mol. The van der Waals surface area contributed by atoms with Gasteiger partial charge in [-0.1, -0.05) is 31.2 Å². The zero-order valence-corrected chi connectivity index (χ0v) is 12.3. The standard InChI is InChI=1S/C14H19Cl2NO/c1-3-14(9-15,10-16)17-13(18)8-12-7-5-4-6-11(12)2/h4-7H,3,8-10H2,1-2H3,(H,17,18). The van der Waals surface area contributed by atoms with Crippen molar-refractivity contribution in [3.05, 3.63) is 35.4 Å². The number of halogens is 2. The summed E-state index contributed by atoms with van der Waals surface area (Å²) in [5, 5.41) is 2.95. The van der Waals surface area contributed by atoms with Crippen LogP contribution in [0.2, 0.25) is 0 Å². The number of hydrogen-bond acceptors (Lipinski definition) is 1. The van der Waals surface area contributed by atoms with Crippen LogP contribution in [0.25, 0.3) is 0 Å². The molecular weight excluding hydrogens is 269 g/mol. The third kappa shape index (κ3) is 3.89. The number of rotatable bonds is 6. The van der Waals surface area contributed by atoms with Crippen molar-refractivity contribution in [2.75, 3.05) is 11.8 Å². The molecule has 0 bridgehead atoms. The lowest BCUT2D eigenvalue weighted by molar-refractivity contribution is -0.122. The number of alkyl halides is 2. The van der Waals surface area contributed by atoms with E-state index >= 15 is 0 Å². The molecule has 0 unspecified atom stereocenters. The summed E-state index contributed by atoms with van der Waals surface area (Å²) in [6, 6.07) is 7.86. The largest absolute Gasteiger partial charge is 0.348 e. The van der Waals surface area contributed by atoms with Crippen LogP contribution in [0.1, 0.15) is 24.5 Å². The lowest BCUT2D eigenvalue weighted by atomic mass is 10.00. The number of benzene rings is 1. The van der Waals surface area contributed by atoms with Crippen LogP contribution in [0.15, 0.2) is 24.3 Å². The van der Waals surface area contributed by atoms with Crippen LogP contribution in [0, 0.1) is 6.92 Å². The highest BCUT2D eigenvalue weighted by Crippen LogP contribution is 2.16. The highest BCUT2D eigenvalue weighted by Gasteiger charge is 2.28. The van der Waals surface area contributed by atoms with Gasteiger partial charge in [0.05, 0.1) is 12.0 Å². The molecule has 0 saturated carbocycles. The van der Waals surface area contributed by atoms with E-state index in [1.807, 2.05) is 38.1 Å². The minimum absolute atomic E-state index is 0.0348. The molecule has 0 spiro atoms. The van der Waals surface area contributed by atoms with E-state index < -0.39 is 5.54 Å².